The lowest BCUT2D eigenvalue weighted by Gasteiger charge is -2.29. The Morgan fingerprint density at radius 3 is 2.91 bits per heavy atom. The molecule has 0 aromatic heterocycles. The van der Waals surface area contributed by atoms with E-state index in [1.807, 2.05) is 0 Å². The first-order valence-electron chi connectivity index (χ1n) is 4.03. The molecule has 4 nitrogen and oxygen atoms in total. The van der Waals surface area contributed by atoms with Crippen LogP contribution in [0.1, 0.15) is 0 Å². The lowest BCUT2D eigenvalue weighted by atomic mass is 10.1. The van der Waals surface area contributed by atoms with E-state index in [-0.39, 0.29) is 6.10 Å². The fraction of sp³-hybridized carbons (Fsp3) is 1.00. The van der Waals surface area contributed by atoms with Crippen molar-refractivity contribution in [3.63, 3.8) is 0 Å². The van der Waals surface area contributed by atoms with Gasteiger partial charge in [-0.05, 0) is 7.05 Å². The van der Waals surface area contributed by atoms with Gasteiger partial charge in [0, 0.05) is 19.6 Å². The molecule has 11 heavy (non-hydrogen) atoms. The number of ether oxygens (including phenoxy) is 1. The van der Waals surface area contributed by atoms with E-state index in [9.17, 15) is 0 Å². The molecule has 0 radical (unpaired) electrons. The van der Waals surface area contributed by atoms with Gasteiger partial charge in [0.05, 0.1) is 6.04 Å². The molecule has 2 N–H and O–H groups in total. The number of likely N-dealkylation sites (N-methyl/N-ethyl adjacent to an activating group) is 1. The van der Waals surface area contributed by atoms with E-state index in [4.69, 9.17) is 9.84 Å². The lowest BCUT2D eigenvalue weighted by molar-refractivity contribution is 0.154. The van der Waals surface area contributed by atoms with Crippen LogP contribution in [0, 0.1) is 0 Å². The number of aliphatic hydroxyl groups excluding tert-OH is 1. The minimum absolute atomic E-state index is 0.0396. The predicted molar refractivity (Wildman–Crippen MR) is 40.2 cm³/mol. The van der Waals surface area contributed by atoms with Crippen LogP contribution < -0.4 is 5.32 Å². The van der Waals surface area contributed by atoms with Crippen molar-refractivity contribution in [3.8, 4) is 0 Å². The second-order valence-corrected chi connectivity index (χ2v) is 3.31. The monoisotopic (exact) mass is 158 g/mol. The average Bonchev–Trinajstić information content (AvgIpc) is 2.67. The van der Waals surface area contributed by atoms with E-state index in [0.29, 0.717) is 6.04 Å². The van der Waals surface area contributed by atoms with Crippen LogP contribution in [0.25, 0.3) is 0 Å². The van der Waals surface area contributed by atoms with Gasteiger partial charge in [-0.1, -0.05) is 0 Å². The van der Waals surface area contributed by atoms with Crippen LogP contribution in [-0.2, 0) is 4.74 Å². The van der Waals surface area contributed by atoms with E-state index in [0.717, 1.165) is 19.6 Å². The zero-order valence-electron chi connectivity index (χ0n) is 6.66. The smallest absolute Gasteiger partial charge is 0.183 e. The lowest BCUT2D eigenvalue weighted by Crippen LogP contribution is -2.52. The Hall–Kier alpha value is -0.160. The Morgan fingerprint density at radius 1 is 1.64 bits per heavy atom. The number of piperazine rings is 1. The summed E-state index contributed by atoms with van der Waals surface area (Å²) in [5.74, 6) is 0. The van der Waals surface area contributed by atoms with Gasteiger partial charge in [0.1, 0.15) is 6.10 Å². The summed E-state index contributed by atoms with van der Waals surface area (Å²) in [6, 6.07) is 0.323. The molecule has 0 aromatic rings. The second kappa shape index (κ2) is 2.71. The van der Waals surface area contributed by atoms with Gasteiger partial charge in [-0.25, -0.2) is 0 Å². The predicted octanol–water partition coefficient (Wildman–Crippen LogP) is -1.39. The highest BCUT2D eigenvalue weighted by molar-refractivity contribution is 4.92. The maximum Gasteiger partial charge on any atom is 0.183 e. The molecule has 2 saturated heterocycles. The van der Waals surface area contributed by atoms with Crippen molar-refractivity contribution in [1.82, 2.24) is 10.2 Å². The Balaban J connectivity index is 1.84. The summed E-state index contributed by atoms with van der Waals surface area (Å²) >= 11 is 0. The summed E-state index contributed by atoms with van der Waals surface area (Å²) in [5.41, 5.74) is 0. The molecule has 0 spiro atoms. The molecular weight excluding hydrogens is 144 g/mol. The Labute approximate surface area is 66.1 Å². The third-order valence-electron chi connectivity index (χ3n) is 2.31. The summed E-state index contributed by atoms with van der Waals surface area (Å²) < 4.78 is 4.97. The molecule has 2 fully saturated rings. The largest absolute Gasteiger partial charge is 0.366 e. The van der Waals surface area contributed by atoms with Gasteiger partial charge in [-0.3, -0.25) is 0 Å². The summed E-state index contributed by atoms with van der Waals surface area (Å²) in [6.07, 6.45) is -0.475. The van der Waals surface area contributed by atoms with Crippen LogP contribution in [0.4, 0.5) is 0 Å². The van der Waals surface area contributed by atoms with Gasteiger partial charge in [0.2, 0.25) is 0 Å². The molecule has 2 aliphatic rings. The van der Waals surface area contributed by atoms with Crippen molar-refractivity contribution in [3.05, 3.63) is 0 Å². The number of aliphatic hydroxyl groups is 1. The quantitative estimate of drug-likeness (QED) is 0.461. The van der Waals surface area contributed by atoms with Gasteiger partial charge >= 0.3 is 0 Å². The molecule has 0 amide bonds. The number of hydrogen-bond donors (Lipinski definition) is 2. The molecule has 0 aliphatic carbocycles. The van der Waals surface area contributed by atoms with Crippen molar-refractivity contribution in [2.75, 3.05) is 26.7 Å². The highest BCUT2D eigenvalue weighted by atomic mass is 16.7. The van der Waals surface area contributed by atoms with E-state index in [2.05, 4.69) is 17.3 Å². The summed E-state index contributed by atoms with van der Waals surface area (Å²) in [6.45, 7) is 3.05. The molecule has 2 heterocycles. The maximum absolute atomic E-state index is 8.98. The number of epoxide rings is 1. The molecule has 0 saturated carbocycles. The number of nitrogens with one attached hydrogen (secondary N) is 1. The third kappa shape index (κ3) is 1.54. The maximum atomic E-state index is 8.98. The SMILES string of the molecule is CN1CCNC(C2OC2O)C1. The first-order chi connectivity index (χ1) is 5.27. The molecule has 3 atom stereocenters. The van der Waals surface area contributed by atoms with Gasteiger partial charge in [-0.15, -0.1) is 0 Å². The normalized spacial score (nSPS) is 45.8. The highest BCUT2D eigenvalue weighted by Gasteiger charge is 2.44. The average molecular weight is 158 g/mol. The van der Waals surface area contributed by atoms with Crippen molar-refractivity contribution >= 4 is 0 Å². The van der Waals surface area contributed by atoms with Gasteiger partial charge in [0.25, 0.3) is 0 Å². The number of rotatable bonds is 1. The van der Waals surface area contributed by atoms with E-state index >= 15 is 0 Å². The number of hydrogen-bond acceptors (Lipinski definition) is 4. The molecule has 2 rings (SSSR count). The summed E-state index contributed by atoms with van der Waals surface area (Å²) in [5, 5.41) is 12.3. The summed E-state index contributed by atoms with van der Waals surface area (Å²) in [7, 11) is 2.09. The van der Waals surface area contributed by atoms with Crippen molar-refractivity contribution in [2.24, 2.45) is 0 Å². The van der Waals surface area contributed by atoms with Crippen LogP contribution in [0.3, 0.4) is 0 Å². The standard InChI is InChI=1S/C7H14N2O2/c1-9-3-2-8-5(4-9)6-7(10)11-6/h5-8,10H,2-4H2,1H3. The first kappa shape index (κ1) is 7.49. The topological polar surface area (TPSA) is 48.0 Å². The second-order valence-electron chi connectivity index (χ2n) is 3.31. The van der Waals surface area contributed by atoms with Crippen LogP contribution >= 0.6 is 0 Å². The molecule has 3 unspecified atom stereocenters. The van der Waals surface area contributed by atoms with E-state index < -0.39 is 6.29 Å². The Morgan fingerprint density at radius 2 is 2.36 bits per heavy atom. The van der Waals surface area contributed by atoms with Crippen molar-refractivity contribution in [1.29, 1.82) is 0 Å². The highest BCUT2D eigenvalue weighted by Crippen LogP contribution is 2.23. The van der Waals surface area contributed by atoms with Crippen molar-refractivity contribution in [2.45, 2.75) is 18.4 Å². The van der Waals surface area contributed by atoms with Crippen LogP contribution in [0.2, 0.25) is 0 Å². The minimum atomic E-state index is -0.515. The molecule has 4 heteroatoms. The van der Waals surface area contributed by atoms with E-state index in [1.165, 1.54) is 0 Å². The fourth-order valence-electron chi connectivity index (χ4n) is 1.56. The first-order valence-corrected chi connectivity index (χ1v) is 4.03. The molecule has 0 aromatic carbocycles. The van der Waals surface area contributed by atoms with Gasteiger partial charge < -0.3 is 20.1 Å². The van der Waals surface area contributed by atoms with Crippen LogP contribution in [-0.4, -0.2) is 55.1 Å². The Kier molecular flexibility index (Phi) is 1.85. The molecule has 64 valence electrons. The van der Waals surface area contributed by atoms with Crippen LogP contribution in [0.5, 0.6) is 0 Å². The minimum Gasteiger partial charge on any atom is -0.366 e. The van der Waals surface area contributed by atoms with Gasteiger partial charge in [-0.2, -0.15) is 0 Å². The molecule has 2 aliphatic heterocycles. The zero-order chi connectivity index (χ0) is 7.84. The third-order valence-corrected chi connectivity index (χ3v) is 2.31. The van der Waals surface area contributed by atoms with Gasteiger partial charge in [0.15, 0.2) is 6.29 Å². The Bertz CT molecular complexity index is 153. The summed E-state index contributed by atoms with van der Waals surface area (Å²) in [4.78, 5) is 2.25. The molecule has 0 bridgehead atoms. The fourth-order valence-corrected chi connectivity index (χ4v) is 1.56. The zero-order valence-corrected chi connectivity index (χ0v) is 6.66. The van der Waals surface area contributed by atoms with Crippen LogP contribution in [0.15, 0.2) is 0 Å². The number of nitrogens with zero attached hydrogens (tertiary/aromatic N) is 1. The van der Waals surface area contributed by atoms with E-state index in [1.54, 1.807) is 0 Å². The van der Waals surface area contributed by atoms with Crippen molar-refractivity contribution < 1.29 is 9.84 Å². The molecular formula is C7H14N2O2.